The Hall–Kier alpha value is -0.610. The van der Waals surface area contributed by atoms with Gasteiger partial charge in [0.05, 0.1) is 18.8 Å². The van der Waals surface area contributed by atoms with Crippen molar-refractivity contribution in [2.24, 2.45) is 5.92 Å². The molecule has 3 atom stereocenters. The Morgan fingerprint density at radius 3 is 3.23 bits per heavy atom. The van der Waals surface area contributed by atoms with Gasteiger partial charge in [0, 0.05) is 13.0 Å². The van der Waals surface area contributed by atoms with Crippen LogP contribution in [0.25, 0.3) is 0 Å². The number of hydroxylamine groups is 2. The number of nitrogens with zero attached hydrogens (tertiary/aromatic N) is 1. The Bertz CT molecular complexity index is 243. The van der Waals surface area contributed by atoms with Crippen molar-refractivity contribution in [1.82, 2.24) is 5.06 Å². The summed E-state index contributed by atoms with van der Waals surface area (Å²) >= 11 is 0. The summed E-state index contributed by atoms with van der Waals surface area (Å²) in [6.45, 7) is 1.51. The molecule has 3 aliphatic heterocycles. The van der Waals surface area contributed by atoms with E-state index in [2.05, 4.69) is 0 Å². The summed E-state index contributed by atoms with van der Waals surface area (Å²) in [5, 5.41) is 1.99. The number of ether oxygens (including phenoxy) is 1. The molecular weight excluding hydrogens is 170 g/mol. The molecule has 0 saturated carbocycles. The van der Waals surface area contributed by atoms with Gasteiger partial charge in [0.15, 0.2) is 0 Å². The van der Waals surface area contributed by atoms with Crippen LogP contribution in [0.15, 0.2) is 0 Å². The maximum atomic E-state index is 11.5. The molecule has 4 heteroatoms. The molecular formula is C9H13NO3. The van der Waals surface area contributed by atoms with Crippen molar-refractivity contribution in [1.29, 1.82) is 0 Å². The Morgan fingerprint density at radius 1 is 1.38 bits per heavy atom. The van der Waals surface area contributed by atoms with Gasteiger partial charge in [0.1, 0.15) is 5.92 Å². The van der Waals surface area contributed by atoms with Crippen LogP contribution in [0.2, 0.25) is 0 Å². The van der Waals surface area contributed by atoms with Crippen LogP contribution in [0.1, 0.15) is 19.3 Å². The average molecular weight is 183 g/mol. The van der Waals surface area contributed by atoms with Crippen LogP contribution in [0.4, 0.5) is 0 Å². The molecule has 0 aromatic heterocycles. The number of esters is 1. The molecule has 0 amide bonds. The second kappa shape index (κ2) is 2.69. The molecule has 4 nitrogen and oxygen atoms in total. The molecule has 0 aromatic rings. The summed E-state index contributed by atoms with van der Waals surface area (Å²) in [5.74, 6) is -0.0538. The van der Waals surface area contributed by atoms with E-state index in [1.807, 2.05) is 5.06 Å². The van der Waals surface area contributed by atoms with Crippen molar-refractivity contribution >= 4 is 5.97 Å². The van der Waals surface area contributed by atoms with Crippen molar-refractivity contribution < 1.29 is 14.4 Å². The summed E-state index contributed by atoms with van der Waals surface area (Å²) < 4.78 is 5.05. The lowest BCUT2D eigenvalue weighted by atomic mass is 9.90. The van der Waals surface area contributed by atoms with E-state index in [-0.39, 0.29) is 18.0 Å². The zero-order chi connectivity index (χ0) is 8.84. The highest BCUT2D eigenvalue weighted by molar-refractivity contribution is 5.75. The Morgan fingerprint density at radius 2 is 2.31 bits per heavy atom. The van der Waals surface area contributed by atoms with Gasteiger partial charge in [-0.05, 0) is 12.8 Å². The van der Waals surface area contributed by atoms with E-state index in [9.17, 15) is 4.79 Å². The molecule has 72 valence electrons. The van der Waals surface area contributed by atoms with Crippen molar-refractivity contribution in [3.8, 4) is 0 Å². The van der Waals surface area contributed by atoms with E-state index in [1.165, 1.54) is 0 Å². The molecule has 0 spiro atoms. The van der Waals surface area contributed by atoms with E-state index in [4.69, 9.17) is 9.57 Å². The fourth-order valence-corrected chi connectivity index (χ4v) is 2.66. The number of carbonyl (C=O) groups is 1. The summed E-state index contributed by atoms with van der Waals surface area (Å²) in [6, 6.07) is 0.304. The van der Waals surface area contributed by atoms with Gasteiger partial charge in [0.25, 0.3) is 0 Å². The quantitative estimate of drug-likeness (QED) is 0.507. The lowest BCUT2D eigenvalue weighted by molar-refractivity contribution is -0.171. The lowest BCUT2D eigenvalue weighted by Gasteiger charge is -2.23. The number of cyclic esters (lactones) is 1. The Kier molecular flexibility index (Phi) is 1.60. The molecule has 0 unspecified atom stereocenters. The summed E-state index contributed by atoms with van der Waals surface area (Å²) in [6.07, 6.45) is 3.19. The smallest absolute Gasteiger partial charge is 0.313 e. The molecule has 0 aromatic carbocycles. The van der Waals surface area contributed by atoms with Crippen molar-refractivity contribution in [3.05, 3.63) is 0 Å². The van der Waals surface area contributed by atoms with Crippen LogP contribution in [-0.2, 0) is 14.4 Å². The van der Waals surface area contributed by atoms with Gasteiger partial charge in [-0.1, -0.05) is 0 Å². The third-order valence-electron chi connectivity index (χ3n) is 3.25. The van der Waals surface area contributed by atoms with E-state index in [0.717, 1.165) is 25.8 Å². The zero-order valence-electron chi connectivity index (χ0n) is 7.44. The topological polar surface area (TPSA) is 38.8 Å². The second-order valence-corrected chi connectivity index (χ2v) is 3.98. The van der Waals surface area contributed by atoms with Gasteiger partial charge in [-0.3, -0.25) is 9.63 Å². The molecule has 0 bridgehead atoms. The first-order valence-corrected chi connectivity index (χ1v) is 4.96. The second-order valence-electron chi connectivity index (χ2n) is 3.98. The first-order valence-electron chi connectivity index (χ1n) is 4.96. The molecule has 0 radical (unpaired) electrons. The van der Waals surface area contributed by atoms with Gasteiger partial charge in [-0.2, -0.15) is 5.06 Å². The van der Waals surface area contributed by atoms with E-state index in [0.29, 0.717) is 12.6 Å². The molecule has 3 aliphatic rings. The standard InChI is InChI=1S/C9H13NO3/c11-9-8-6-2-1-4-10(6)13-7(8)3-5-12-9/h6-8H,1-5H2/t6-,7-,8-/m1/s1. The Labute approximate surface area is 76.7 Å². The van der Waals surface area contributed by atoms with Crippen LogP contribution in [0.5, 0.6) is 0 Å². The third-order valence-corrected chi connectivity index (χ3v) is 3.25. The minimum Gasteiger partial charge on any atom is -0.465 e. The highest BCUT2D eigenvalue weighted by Crippen LogP contribution is 2.38. The summed E-state index contributed by atoms with van der Waals surface area (Å²) in [7, 11) is 0. The highest BCUT2D eigenvalue weighted by atomic mass is 16.7. The number of hydrogen-bond acceptors (Lipinski definition) is 4. The van der Waals surface area contributed by atoms with Gasteiger partial charge in [-0.25, -0.2) is 0 Å². The Balaban J connectivity index is 1.86. The lowest BCUT2D eigenvalue weighted by Crippen LogP contribution is -2.38. The van der Waals surface area contributed by atoms with Crippen LogP contribution < -0.4 is 0 Å². The largest absolute Gasteiger partial charge is 0.465 e. The van der Waals surface area contributed by atoms with Crippen molar-refractivity contribution in [2.45, 2.75) is 31.4 Å². The normalized spacial score (nSPS) is 44.3. The average Bonchev–Trinajstić information content (AvgIpc) is 2.62. The minimum atomic E-state index is -0.0503. The van der Waals surface area contributed by atoms with Crippen LogP contribution in [-0.4, -0.2) is 36.3 Å². The monoisotopic (exact) mass is 183 g/mol. The summed E-state index contributed by atoms with van der Waals surface area (Å²) in [4.78, 5) is 17.2. The first-order chi connectivity index (χ1) is 6.36. The number of hydrogen-bond donors (Lipinski definition) is 0. The van der Waals surface area contributed by atoms with Crippen LogP contribution in [0, 0.1) is 5.92 Å². The molecule has 3 rings (SSSR count). The van der Waals surface area contributed by atoms with E-state index in [1.54, 1.807) is 0 Å². The molecule has 13 heavy (non-hydrogen) atoms. The van der Waals surface area contributed by atoms with Gasteiger partial charge in [0.2, 0.25) is 0 Å². The van der Waals surface area contributed by atoms with E-state index >= 15 is 0 Å². The first kappa shape index (κ1) is 7.76. The molecule has 3 saturated heterocycles. The van der Waals surface area contributed by atoms with Crippen molar-refractivity contribution in [3.63, 3.8) is 0 Å². The molecule has 0 aliphatic carbocycles. The minimum absolute atomic E-state index is 0.00347. The maximum absolute atomic E-state index is 11.5. The molecule has 3 fully saturated rings. The summed E-state index contributed by atoms with van der Waals surface area (Å²) in [5.41, 5.74) is 0. The van der Waals surface area contributed by atoms with Gasteiger partial charge >= 0.3 is 5.97 Å². The molecule has 0 N–H and O–H groups in total. The zero-order valence-corrected chi connectivity index (χ0v) is 7.44. The fourth-order valence-electron chi connectivity index (χ4n) is 2.66. The van der Waals surface area contributed by atoms with Crippen LogP contribution >= 0.6 is 0 Å². The SMILES string of the molecule is O=C1OCC[C@H]2ON3CCC[C@@H]3[C@@H]12. The molecule has 3 heterocycles. The third kappa shape index (κ3) is 1.02. The number of rotatable bonds is 0. The van der Waals surface area contributed by atoms with E-state index < -0.39 is 0 Å². The number of carbonyl (C=O) groups excluding carboxylic acids is 1. The van der Waals surface area contributed by atoms with Gasteiger partial charge < -0.3 is 4.74 Å². The van der Waals surface area contributed by atoms with Crippen molar-refractivity contribution in [2.75, 3.05) is 13.2 Å². The maximum Gasteiger partial charge on any atom is 0.313 e. The number of fused-ring (bicyclic) bond motifs is 3. The van der Waals surface area contributed by atoms with Gasteiger partial charge in [-0.15, -0.1) is 0 Å². The predicted molar refractivity (Wildman–Crippen MR) is 43.7 cm³/mol. The predicted octanol–water partition coefficient (Wildman–Crippen LogP) is 0.328. The highest BCUT2D eigenvalue weighted by Gasteiger charge is 2.51. The van der Waals surface area contributed by atoms with Crippen LogP contribution in [0.3, 0.4) is 0 Å². The fraction of sp³-hybridized carbons (Fsp3) is 0.889.